The monoisotopic (exact) mass is 232 g/mol. The van der Waals surface area contributed by atoms with Crippen LogP contribution < -0.4 is 9.47 Å². The zero-order chi connectivity index (χ0) is 12.6. The number of allylic oxidation sites excluding steroid dienone is 1. The van der Waals surface area contributed by atoms with Gasteiger partial charge in [0.2, 0.25) is 0 Å². The van der Waals surface area contributed by atoms with Crippen molar-refractivity contribution in [2.75, 3.05) is 7.11 Å². The number of esters is 1. The van der Waals surface area contributed by atoms with Crippen molar-refractivity contribution in [2.24, 2.45) is 5.41 Å². The minimum Gasteiger partial charge on any atom is -0.493 e. The van der Waals surface area contributed by atoms with Gasteiger partial charge >= 0.3 is 5.97 Å². The predicted octanol–water partition coefficient (Wildman–Crippen LogP) is 3.04. The average molecular weight is 232 g/mol. The van der Waals surface area contributed by atoms with E-state index in [0.717, 1.165) is 11.1 Å². The van der Waals surface area contributed by atoms with Gasteiger partial charge in [-0.15, -0.1) is 0 Å². The number of hydrogen-bond donors (Lipinski definition) is 0. The number of carbonyl (C=O) groups excluding carboxylic acids is 1. The van der Waals surface area contributed by atoms with E-state index in [1.165, 1.54) is 0 Å². The van der Waals surface area contributed by atoms with E-state index in [0.29, 0.717) is 11.5 Å². The summed E-state index contributed by atoms with van der Waals surface area (Å²) in [6.07, 6.45) is 1.96. The maximum absolute atomic E-state index is 12.0. The molecule has 3 nitrogen and oxygen atoms in total. The Kier molecular flexibility index (Phi) is 2.69. The smallest absolute Gasteiger partial charge is 0.321 e. The number of rotatable bonds is 1. The van der Waals surface area contributed by atoms with Crippen LogP contribution in [0.15, 0.2) is 24.3 Å². The lowest BCUT2D eigenvalue weighted by molar-refractivity contribution is -0.141. The molecule has 1 aliphatic rings. The van der Waals surface area contributed by atoms with Gasteiger partial charge in [-0.2, -0.15) is 0 Å². The summed E-state index contributed by atoms with van der Waals surface area (Å²) >= 11 is 0. The first-order valence-electron chi connectivity index (χ1n) is 5.58. The third-order valence-corrected chi connectivity index (χ3v) is 3.16. The predicted molar refractivity (Wildman–Crippen MR) is 66.1 cm³/mol. The molecule has 90 valence electrons. The molecule has 0 fully saturated rings. The van der Waals surface area contributed by atoms with Crippen LogP contribution in [0.1, 0.15) is 26.3 Å². The van der Waals surface area contributed by atoms with Crippen LogP contribution in [0.2, 0.25) is 0 Å². The van der Waals surface area contributed by atoms with E-state index in [9.17, 15) is 4.79 Å². The first kappa shape index (κ1) is 11.7. The normalized spacial score (nSPS) is 19.8. The number of fused-ring (bicyclic) bond motifs is 1. The molecule has 1 heterocycles. The van der Waals surface area contributed by atoms with Crippen LogP contribution in [0.3, 0.4) is 0 Å². The Labute approximate surface area is 101 Å². The Hall–Kier alpha value is -1.77. The van der Waals surface area contributed by atoms with Crippen molar-refractivity contribution in [3.8, 4) is 11.5 Å². The van der Waals surface area contributed by atoms with Crippen LogP contribution in [0.4, 0.5) is 0 Å². The minimum atomic E-state index is -0.617. The highest BCUT2D eigenvalue weighted by atomic mass is 16.6. The van der Waals surface area contributed by atoms with Gasteiger partial charge in [0.1, 0.15) is 0 Å². The molecule has 1 aromatic carbocycles. The molecule has 0 unspecified atom stereocenters. The van der Waals surface area contributed by atoms with Crippen molar-refractivity contribution in [3.05, 3.63) is 29.8 Å². The number of carbonyl (C=O) groups is 1. The van der Waals surface area contributed by atoms with E-state index in [4.69, 9.17) is 9.47 Å². The lowest BCUT2D eigenvalue weighted by Gasteiger charge is -2.32. The van der Waals surface area contributed by atoms with Crippen molar-refractivity contribution in [2.45, 2.75) is 20.8 Å². The van der Waals surface area contributed by atoms with E-state index >= 15 is 0 Å². The van der Waals surface area contributed by atoms with Gasteiger partial charge in [-0.3, -0.25) is 4.79 Å². The molecule has 1 aliphatic heterocycles. The van der Waals surface area contributed by atoms with E-state index in [2.05, 4.69) is 0 Å². The highest BCUT2D eigenvalue weighted by Gasteiger charge is 2.40. The fraction of sp³-hybridized carbons (Fsp3) is 0.357. The zero-order valence-corrected chi connectivity index (χ0v) is 10.5. The number of para-hydroxylation sites is 1. The van der Waals surface area contributed by atoms with Crippen LogP contribution in [0.25, 0.3) is 5.57 Å². The molecule has 2 rings (SSSR count). The Balaban J connectivity index is 2.69. The molecule has 0 atom stereocenters. The molecule has 0 saturated heterocycles. The minimum absolute atomic E-state index is 0.248. The summed E-state index contributed by atoms with van der Waals surface area (Å²) in [5.74, 6) is 0.862. The lowest BCUT2D eigenvalue weighted by atomic mass is 9.78. The van der Waals surface area contributed by atoms with E-state index in [1.807, 2.05) is 39.0 Å². The van der Waals surface area contributed by atoms with E-state index < -0.39 is 5.41 Å². The molecular weight excluding hydrogens is 216 g/mol. The van der Waals surface area contributed by atoms with Gasteiger partial charge in [0.15, 0.2) is 11.5 Å². The van der Waals surface area contributed by atoms with Gasteiger partial charge < -0.3 is 9.47 Å². The SMILES string of the molecule is C/C=C1\c2cccc(OC)c2OC(=O)C1(C)C. The van der Waals surface area contributed by atoms with E-state index in [1.54, 1.807) is 13.2 Å². The summed E-state index contributed by atoms with van der Waals surface area (Å²) in [6.45, 7) is 5.67. The second-order valence-corrected chi connectivity index (χ2v) is 4.55. The summed E-state index contributed by atoms with van der Waals surface area (Å²) < 4.78 is 10.6. The van der Waals surface area contributed by atoms with Crippen molar-refractivity contribution < 1.29 is 14.3 Å². The van der Waals surface area contributed by atoms with Crippen LogP contribution in [-0.4, -0.2) is 13.1 Å². The van der Waals surface area contributed by atoms with Gasteiger partial charge in [0.05, 0.1) is 12.5 Å². The molecule has 0 saturated carbocycles. The molecule has 0 bridgehead atoms. The second kappa shape index (κ2) is 3.91. The first-order chi connectivity index (χ1) is 8.02. The molecule has 0 aliphatic carbocycles. The summed E-state index contributed by atoms with van der Waals surface area (Å²) in [5.41, 5.74) is 1.28. The van der Waals surface area contributed by atoms with Gasteiger partial charge in [-0.05, 0) is 32.4 Å². The summed E-state index contributed by atoms with van der Waals surface area (Å²) in [4.78, 5) is 12.0. The van der Waals surface area contributed by atoms with Gasteiger partial charge in [0.25, 0.3) is 0 Å². The van der Waals surface area contributed by atoms with Crippen molar-refractivity contribution in [1.29, 1.82) is 0 Å². The molecular formula is C14H16O3. The molecule has 3 heteroatoms. The quantitative estimate of drug-likeness (QED) is 0.551. The Morgan fingerprint density at radius 2 is 2.06 bits per heavy atom. The first-order valence-corrected chi connectivity index (χ1v) is 5.58. The fourth-order valence-corrected chi connectivity index (χ4v) is 2.18. The van der Waals surface area contributed by atoms with E-state index in [-0.39, 0.29) is 5.97 Å². The molecule has 1 aromatic rings. The molecule has 0 amide bonds. The van der Waals surface area contributed by atoms with Crippen molar-refractivity contribution >= 4 is 11.5 Å². The van der Waals surface area contributed by atoms with Crippen LogP contribution in [-0.2, 0) is 4.79 Å². The van der Waals surface area contributed by atoms with Gasteiger partial charge in [0, 0.05) is 5.56 Å². The average Bonchev–Trinajstić information content (AvgIpc) is 2.30. The second-order valence-electron chi connectivity index (χ2n) is 4.55. The number of methoxy groups -OCH3 is 1. The maximum Gasteiger partial charge on any atom is 0.321 e. The Bertz CT molecular complexity index is 498. The molecule has 0 N–H and O–H groups in total. The molecule has 0 spiro atoms. The molecule has 0 radical (unpaired) electrons. The third kappa shape index (κ3) is 1.62. The standard InChI is InChI=1S/C14H16O3/c1-5-10-9-7-6-8-11(16-4)12(9)17-13(15)14(10,2)3/h5-8H,1-4H3/b10-5+. The van der Waals surface area contributed by atoms with Crippen molar-refractivity contribution in [1.82, 2.24) is 0 Å². The number of benzene rings is 1. The topological polar surface area (TPSA) is 35.5 Å². The molecule has 0 aromatic heterocycles. The fourth-order valence-electron chi connectivity index (χ4n) is 2.18. The molecule has 17 heavy (non-hydrogen) atoms. The third-order valence-electron chi connectivity index (χ3n) is 3.16. The highest BCUT2D eigenvalue weighted by molar-refractivity contribution is 5.99. The Morgan fingerprint density at radius 1 is 1.35 bits per heavy atom. The largest absolute Gasteiger partial charge is 0.493 e. The number of ether oxygens (including phenoxy) is 2. The van der Waals surface area contributed by atoms with Gasteiger partial charge in [-0.25, -0.2) is 0 Å². The number of hydrogen-bond acceptors (Lipinski definition) is 3. The lowest BCUT2D eigenvalue weighted by Crippen LogP contribution is -2.34. The maximum atomic E-state index is 12.0. The summed E-state index contributed by atoms with van der Waals surface area (Å²) in [5, 5.41) is 0. The summed E-state index contributed by atoms with van der Waals surface area (Å²) in [6, 6.07) is 5.63. The van der Waals surface area contributed by atoms with Gasteiger partial charge in [-0.1, -0.05) is 18.2 Å². The highest BCUT2D eigenvalue weighted by Crippen LogP contribution is 2.47. The van der Waals surface area contributed by atoms with Crippen molar-refractivity contribution in [3.63, 3.8) is 0 Å². The van der Waals surface area contributed by atoms with Crippen LogP contribution >= 0.6 is 0 Å². The Morgan fingerprint density at radius 3 is 2.65 bits per heavy atom. The van der Waals surface area contributed by atoms with Crippen LogP contribution in [0.5, 0.6) is 11.5 Å². The zero-order valence-electron chi connectivity index (χ0n) is 10.5. The summed E-state index contributed by atoms with van der Waals surface area (Å²) in [7, 11) is 1.57. The van der Waals surface area contributed by atoms with Crippen LogP contribution in [0, 0.1) is 5.41 Å².